The number of hydrogen-bond donors (Lipinski definition) is 1. The fourth-order valence-electron chi connectivity index (χ4n) is 4.37. The summed E-state index contributed by atoms with van der Waals surface area (Å²) >= 11 is 0. The Morgan fingerprint density at radius 1 is 1.15 bits per heavy atom. The van der Waals surface area contributed by atoms with Gasteiger partial charge < -0.3 is 5.32 Å². The molecule has 1 aliphatic heterocycles. The van der Waals surface area contributed by atoms with Gasteiger partial charge in [-0.15, -0.1) is 0 Å². The zero-order valence-corrected chi connectivity index (χ0v) is 14.2. The molecule has 2 rings (SSSR count). The maximum atomic E-state index is 3.81. The SMILES string of the molecule is CCCC1CN(C2CCCCCC2C)C(C(C)C)CN1. The Kier molecular flexibility index (Phi) is 6.35. The molecule has 0 bridgehead atoms. The molecule has 0 aromatic carbocycles. The summed E-state index contributed by atoms with van der Waals surface area (Å²) in [5, 5.41) is 3.81. The molecular weight excluding hydrogens is 244 g/mol. The third kappa shape index (κ3) is 3.98. The van der Waals surface area contributed by atoms with E-state index in [4.69, 9.17) is 0 Å². The fourth-order valence-corrected chi connectivity index (χ4v) is 4.37. The molecule has 2 nitrogen and oxygen atoms in total. The zero-order valence-electron chi connectivity index (χ0n) is 14.2. The van der Waals surface area contributed by atoms with Crippen LogP contribution in [0.2, 0.25) is 0 Å². The summed E-state index contributed by atoms with van der Waals surface area (Å²) < 4.78 is 0. The van der Waals surface area contributed by atoms with Crippen LogP contribution in [0.1, 0.15) is 72.6 Å². The highest BCUT2D eigenvalue weighted by atomic mass is 15.3. The van der Waals surface area contributed by atoms with E-state index in [0.29, 0.717) is 0 Å². The van der Waals surface area contributed by atoms with Crippen molar-refractivity contribution in [2.75, 3.05) is 13.1 Å². The van der Waals surface area contributed by atoms with Crippen molar-refractivity contribution in [1.82, 2.24) is 10.2 Å². The van der Waals surface area contributed by atoms with E-state index in [0.717, 1.165) is 30.0 Å². The van der Waals surface area contributed by atoms with Crippen LogP contribution in [0.5, 0.6) is 0 Å². The van der Waals surface area contributed by atoms with Crippen molar-refractivity contribution in [3.05, 3.63) is 0 Å². The molecule has 1 saturated heterocycles. The Hall–Kier alpha value is -0.0800. The molecule has 1 saturated carbocycles. The van der Waals surface area contributed by atoms with Crippen molar-refractivity contribution in [2.24, 2.45) is 11.8 Å². The molecule has 1 aliphatic carbocycles. The van der Waals surface area contributed by atoms with Gasteiger partial charge in [-0.2, -0.15) is 0 Å². The predicted octanol–water partition coefficient (Wildman–Crippen LogP) is 4.05. The lowest BCUT2D eigenvalue weighted by Gasteiger charge is -2.48. The molecule has 0 radical (unpaired) electrons. The molecule has 1 N–H and O–H groups in total. The van der Waals surface area contributed by atoms with E-state index < -0.39 is 0 Å². The molecule has 0 aromatic heterocycles. The molecule has 4 atom stereocenters. The fraction of sp³-hybridized carbons (Fsp3) is 1.00. The maximum Gasteiger partial charge on any atom is 0.0247 e. The lowest BCUT2D eigenvalue weighted by atomic mass is 9.89. The molecule has 2 aliphatic rings. The van der Waals surface area contributed by atoms with Gasteiger partial charge in [0, 0.05) is 31.2 Å². The van der Waals surface area contributed by atoms with Crippen molar-refractivity contribution in [1.29, 1.82) is 0 Å². The van der Waals surface area contributed by atoms with Crippen LogP contribution in [0.3, 0.4) is 0 Å². The average molecular weight is 280 g/mol. The minimum atomic E-state index is 0.727. The van der Waals surface area contributed by atoms with E-state index in [1.807, 2.05) is 0 Å². The van der Waals surface area contributed by atoms with E-state index >= 15 is 0 Å². The monoisotopic (exact) mass is 280 g/mol. The van der Waals surface area contributed by atoms with Crippen LogP contribution in [-0.4, -0.2) is 36.1 Å². The number of nitrogens with one attached hydrogen (secondary N) is 1. The number of hydrogen-bond acceptors (Lipinski definition) is 2. The van der Waals surface area contributed by atoms with Gasteiger partial charge in [0.15, 0.2) is 0 Å². The summed E-state index contributed by atoms with van der Waals surface area (Å²) in [6.07, 6.45) is 9.87. The molecule has 0 amide bonds. The summed E-state index contributed by atoms with van der Waals surface area (Å²) in [6, 6.07) is 2.31. The first-order chi connectivity index (χ1) is 9.63. The second kappa shape index (κ2) is 7.79. The first kappa shape index (κ1) is 16.3. The van der Waals surface area contributed by atoms with Crippen LogP contribution in [0.15, 0.2) is 0 Å². The topological polar surface area (TPSA) is 15.3 Å². The van der Waals surface area contributed by atoms with Crippen molar-refractivity contribution in [3.8, 4) is 0 Å². The van der Waals surface area contributed by atoms with E-state index in [9.17, 15) is 0 Å². The predicted molar refractivity (Wildman–Crippen MR) is 88.1 cm³/mol. The number of piperazine rings is 1. The van der Waals surface area contributed by atoms with Gasteiger partial charge in [0.05, 0.1) is 0 Å². The third-order valence-electron chi connectivity index (χ3n) is 5.62. The minimum absolute atomic E-state index is 0.727. The van der Waals surface area contributed by atoms with Crippen LogP contribution in [-0.2, 0) is 0 Å². The summed E-state index contributed by atoms with van der Waals surface area (Å²) in [5.74, 6) is 1.65. The second-order valence-electron chi connectivity index (χ2n) is 7.58. The molecule has 20 heavy (non-hydrogen) atoms. The summed E-state index contributed by atoms with van der Waals surface area (Å²) in [4.78, 5) is 2.91. The highest BCUT2D eigenvalue weighted by molar-refractivity contribution is 4.93. The Labute approximate surface area is 126 Å². The average Bonchev–Trinajstić information content (AvgIpc) is 2.63. The van der Waals surface area contributed by atoms with Crippen LogP contribution < -0.4 is 5.32 Å². The molecular formula is C18H36N2. The van der Waals surface area contributed by atoms with Gasteiger partial charge in [-0.1, -0.05) is 53.4 Å². The minimum Gasteiger partial charge on any atom is -0.311 e. The van der Waals surface area contributed by atoms with Gasteiger partial charge in [0.2, 0.25) is 0 Å². The highest BCUT2D eigenvalue weighted by Gasteiger charge is 2.36. The van der Waals surface area contributed by atoms with Crippen molar-refractivity contribution in [2.45, 2.75) is 90.8 Å². The smallest absolute Gasteiger partial charge is 0.0247 e. The lowest BCUT2D eigenvalue weighted by molar-refractivity contribution is 0.0278. The van der Waals surface area contributed by atoms with Gasteiger partial charge in [-0.05, 0) is 31.1 Å². The number of rotatable bonds is 4. The summed E-state index contributed by atoms with van der Waals surface area (Å²) in [6.45, 7) is 12.1. The van der Waals surface area contributed by atoms with Gasteiger partial charge >= 0.3 is 0 Å². The Balaban J connectivity index is 2.08. The largest absolute Gasteiger partial charge is 0.311 e. The molecule has 118 valence electrons. The summed E-state index contributed by atoms with van der Waals surface area (Å²) in [5.41, 5.74) is 0. The molecule has 1 heterocycles. The van der Waals surface area contributed by atoms with E-state index in [-0.39, 0.29) is 0 Å². The van der Waals surface area contributed by atoms with Gasteiger partial charge in [0.25, 0.3) is 0 Å². The number of nitrogens with zero attached hydrogens (tertiary/aromatic N) is 1. The van der Waals surface area contributed by atoms with Crippen LogP contribution in [0, 0.1) is 11.8 Å². The molecule has 2 heteroatoms. The zero-order chi connectivity index (χ0) is 14.5. The molecule has 4 unspecified atom stereocenters. The maximum absolute atomic E-state index is 3.81. The Morgan fingerprint density at radius 2 is 1.90 bits per heavy atom. The second-order valence-corrected chi connectivity index (χ2v) is 7.58. The first-order valence-electron chi connectivity index (χ1n) is 9.12. The third-order valence-corrected chi connectivity index (χ3v) is 5.62. The van der Waals surface area contributed by atoms with E-state index in [1.54, 1.807) is 0 Å². The molecule has 0 aromatic rings. The van der Waals surface area contributed by atoms with Gasteiger partial charge in [-0.25, -0.2) is 0 Å². The summed E-state index contributed by atoms with van der Waals surface area (Å²) in [7, 11) is 0. The van der Waals surface area contributed by atoms with Gasteiger partial charge in [-0.3, -0.25) is 4.90 Å². The first-order valence-corrected chi connectivity index (χ1v) is 9.12. The van der Waals surface area contributed by atoms with Crippen LogP contribution in [0.4, 0.5) is 0 Å². The Bertz CT molecular complexity index is 277. The van der Waals surface area contributed by atoms with Gasteiger partial charge in [0.1, 0.15) is 0 Å². The van der Waals surface area contributed by atoms with Crippen LogP contribution >= 0.6 is 0 Å². The van der Waals surface area contributed by atoms with E-state index in [2.05, 4.69) is 37.9 Å². The van der Waals surface area contributed by atoms with Crippen LogP contribution in [0.25, 0.3) is 0 Å². The lowest BCUT2D eigenvalue weighted by Crippen LogP contribution is -2.62. The normalized spacial score (nSPS) is 37.0. The highest BCUT2D eigenvalue weighted by Crippen LogP contribution is 2.31. The molecule has 2 fully saturated rings. The van der Waals surface area contributed by atoms with Crippen molar-refractivity contribution in [3.63, 3.8) is 0 Å². The molecule has 0 spiro atoms. The van der Waals surface area contributed by atoms with E-state index in [1.165, 1.54) is 58.0 Å². The Morgan fingerprint density at radius 3 is 2.60 bits per heavy atom. The quantitative estimate of drug-likeness (QED) is 0.781. The van der Waals surface area contributed by atoms with Crippen molar-refractivity contribution >= 4 is 0 Å². The standard InChI is InChI=1S/C18H36N2/c1-5-9-16-13-20(18(12-19-16)14(2)3)17-11-8-6-7-10-15(17)4/h14-19H,5-13H2,1-4H3. The van der Waals surface area contributed by atoms with Crippen molar-refractivity contribution < 1.29 is 0 Å².